The topological polar surface area (TPSA) is 9.23 Å². The number of rotatable bonds is 6. The molecule has 1 aliphatic heterocycles. The normalized spacial score (nSPS) is 27.9. The summed E-state index contributed by atoms with van der Waals surface area (Å²) < 4.78 is 5.87. The molecule has 1 aliphatic rings. The van der Waals surface area contributed by atoms with Crippen LogP contribution in [0.15, 0.2) is 0 Å². The second-order valence-corrected chi connectivity index (χ2v) is 4.92. The number of hydrogen-bond acceptors (Lipinski definition) is 1. The van der Waals surface area contributed by atoms with E-state index in [1.54, 1.807) is 0 Å². The summed E-state index contributed by atoms with van der Waals surface area (Å²) in [4.78, 5) is 0. The lowest BCUT2D eigenvalue weighted by Crippen LogP contribution is -2.32. The van der Waals surface area contributed by atoms with E-state index in [9.17, 15) is 0 Å². The number of ether oxygens (including phenoxy) is 1. The summed E-state index contributed by atoms with van der Waals surface area (Å²) in [6.07, 6.45) is 12.1. The van der Waals surface area contributed by atoms with Gasteiger partial charge in [0.2, 0.25) is 0 Å². The largest absolute Gasteiger partial charge is 0.375 e. The van der Waals surface area contributed by atoms with E-state index in [1.807, 2.05) is 0 Å². The zero-order valence-corrected chi connectivity index (χ0v) is 9.98. The lowest BCUT2D eigenvalue weighted by atomic mass is 9.90. The van der Waals surface area contributed by atoms with Crippen LogP contribution in [-0.4, -0.2) is 12.2 Å². The first-order valence-electron chi connectivity index (χ1n) is 6.41. The van der Waals surface area contributed by atoms with Gasteiger partial charge in [-0.3, -0.25) is 0 Å². The van der Waals surface area contributed by atoms with Crippen molar-refractivity contribution in [2.45, 2.75) is 77.2 Å². The van der Waals surface area contributed by atoms with Gasteiger partial charge in [-0.25, -0.2) is 0 Å². The van der Waals surface area contributed by atoms with Crippen molar-refractivity contribution in [1.29, 1.82) is 0 Å². The first kappa shape index (κ1) is 12.0. The van der Waals surface area contributed by atoms with Crippen molar-refractivity contribution < 1.29 is 4.74 Å². The van der Waals surface area contributed by atoms with Crippen molar-refractivity contribution in [2.75, 3.05) is 6.61 Å². The molecular formula is C13H26O. The van der Waals surface area contributed by atoms with Gasteiger partial charge in [0.05, 0.1) is 5.60 Å². The van der Waals surface area contributed by atoms with E-state index < -0.39 is 0 Å². The molecule has 0 aromatic carbocycles. The minimum Gasteiger partial charge on any atom is -0.375 e. The van der Waals surface area contributed by atoms with Gasteiger partial charge in [-0.2, -0.15) is 0 Å². The molecule has 14 heavy (non-hydrogen) atoms. The monoisotopic (exact) mass is 198 g/mol. The Morgan fingerprint density at radius 3 is 2.50 bits per heavy atom. The minimum absolute atomic E-state index is 0.227. The molecular weight excluding hydrogens is 172 g/mol. The summed E-state index contributed by atoms with van der Waals surface area (Å²) in [6, 6.07) is 0. The first-order chi connectivity index (χ1) is 6.77. The van der Waals surface area contributed by atoms with Gasteiger partial charge in [0.25, 0.3) is 0 Å². The maximum atomic E-state index is 5.87. The summed E-state index contributed by atoms with van der Waals surface area (Å²) >= 11 is 0. The molecule has 0 N–H and O–H groups in total. The van der Waals surface area contributed by atoms with Crippen LogP contribution in [0.2, 0.25) is 0 Å². The standard InChI is InChI=1S/C13H26O/c1-3-4-5-6-7-10-13(2)11-8-9-12-14-13/h3-12H2,1-2H3. The highest BCUT2D eigenvalue weighted by atomic mass is 16.5. The van der Waals surface area contributed by atoms with Gasteiger partial charge in [-0.05, 0) is 32.6 Å². The molecule has 1 rings (SSSR count). The van der Waals surface area contributed by atoms with E-state index in [0.29, 0.717) is 0 Å². The molecule has 0 spiro atoms. The molecule has 0 bridgehead atoms. The summed E-state index contributed by atoms with van der Waals surface area (Å²) in [5.41, 5.74) is 0.227. The molecule has 0 saturated carbocycles. The second-order valence-electron chi connectivity index (χ2n) is 4.92. The maximum absolute atomic E-state index is 5.87. The molecule has 1 saturated heterocycles. The van der Waals surface area contributed by atoms with Crippen molar-refractivity contribution in [1.82, 2.24) is 0 Å². The summed E-state index contributed by atoms with van der Waals surface area (Å²) in [5, 5.41) is 0. The van der Waals surface area contributed by atoms with Crippen LogP contribution in [0.4, 0.5) is 0 Å². The zero-order valence-electron chi connectivity index (χ0n) is 9.98. The Kier molecular flexibility index (Phi) is 5.54. The van der Waals surface area contributed by atoms with Crippen LogP contribution in [0.1, 0.15) is 71.6 Å². The van der Waals surface area contributed by atoms with Crippen molar-refractivity contribution >= 4 is 0 Å². The zero-order chi connectivity index (χ0) is 10.3. The molecule has 1 nitrogen and oxygen atoms in total. The highest BCUT2D eigenvalue weighted by Gasteiger charge is 2.26. The van der Waals surface area contributed by atoms with E-state index in [4.69, 9.17) is 4.74 Å². The van der Waals surface area contributed by atoms with Crippen LogP contribution in [0.3, 0.4) is 0 Å². The molecule has 1 fully saturated rings. The predicted molar refractivity (Wildman–Crippen MR) is 61.6 cm³/mol. The van der Waals surface area contributed by atoms with Crippen molar-refractivity contribution in [2.24, 2.45) is 0 Å². The molecule has 1 atom stereocenters. The molecule has 1 unspecified atom stereocenters. The van der Waals surface area contributed by atoms with Gasteiger partial charge >= 0.3 is 0 Å². The number of hydrogen-bond donors (Lipinski definition) is 0. The van der Waals surface area contributed by atoms with Crippen LogP contribution >= 0.6 is 0 Å². The summed E-state index contributed by atoms with van der Waals surface area (Å²) in [5.74, 6) is 0. The smallest absolute Gasteiger partial charge is 0.0654 e. The van der Waals surface area contributed by atoms with Crippen molar-refractivity contribution in [3.05, 3.63) is 0 Å². The molecule has 0 aromatic rings. The van der Waals surface area contributed by atoms with Crippen LogP contribution < -0.4 is 0 Å². The average molecular weight is 198 g/mol. The molecule has 0 radical (unpaired) electrons. The third kappa shape index (κ3) is 4.45. The van der Waals surface area contributed by atoms with Gasteiger partial charge in [-0.1, -0.05) is 39.0 Å². The summed E-state index contributed by atoms with van der Waals surface area (Å²) in [7, 11) is 0. The van der Waals surface area contributed by atoms with E-state index in [1.165, 1.54) is 57.8 Å². The third-order valence-corrected chi connectivity index (χ3v) is 3.36. The Morgan fingerprint density at radius 1 is 1.07 bits per heavy atom. The Bertz CT molecular complexity index is 136. The van der Waals surface area contributed by atoms with Crippen LogP contribution in [0.5, 0.6) is 0 Å². The fourth-order valence-corrected chi connectivity index (χ4v) is 2.29. The van der Waals surface area contributed by atoms with Gasteiger partial charge in [-0.15, -0.1) is 0 Å². The average Bonchev–Trinajstić information content (AvgIpc) is 2.18. The van der Waals surface area contributed by atoms with Gasteiger partial charge in [0, 0.05) is 6.61 Å². The van der Waals surface area contributed by atoms with Gasteiger partial charge in [0.1, 0.15) is 0 Å². The quantitative estimate of drug-likeness (QED) is 0.578. The van der Waals surface area contributed by atoms with Crippen LogP contribution in [0, 0.1) is 0 Å². The fourth-order valence-electron chi connectivity index (χ4n) is 2.29. The summed E-state index contributed by atoms with van der Waals surface area (Å²) in [6.45, 7) is 5.56. The molecule has 84 valence electrons. The van der Waals surface area contributed by atoms with Crippen molar-refractivity contribution in [3.63, 3.8) is 0 Å². The van der Waals surface area contributed by atoms with E-state index in [-0.39, 0.29) is 5.60 Å². The molecule has 1 heteroatoms. The minimum atomic E-state index is 0.227. The van der Waals surface area contributed by atoms with E-state index >= 15 is 0 Å². The molecule has 0 amide bonds. The Balaban J connectivity index is 2.03. The number of unbranched alkanes of at least 4 members (excludes halogenated alkanes) is 4. The van der Waals surface area contributed by atoms with Gasteiger partial charge < -0.3 is 4.74 Å². The second kappa shape index (κ2) is 6.44. The molecule has 0 aromatic heterocycles. The lowest BCUT2D eigenvalue weighted by molar-refractivity contribution is -0.0713. The lowest BCUT2D eigenvalue weighted by Gasteiger charge is -2.34. The Hall–Kier alpha value is -0.0400. The molecule has 0 aliphatic carbocycles. The Morgan fingerprint density at radius 2 is 1.86 bits per heavy atom. The highest BCUT2D eigenvalue weighted by Crippen LogP contribution is 2.29. The van der Waals surface area contributed by atoms with E-state index in [0.717, 1.165) is 6.61 Å². The fraction of sp³-hybridized carbons (Fsp3) is 1.00. The van der Waals surface area contributed by atoms with Gasteiger partial charge in [0.15, 0.2) is 0 Å². The van der Waals surface area contributed by atoms with Crippen LogP contribution in [0.25, 0.3) is 0 Å². The van der Waals surface area contributed by atoms with Crippen LogP contribution in [-0.2, 0) is 4.74 Å². The van der Waals surface area contributed by atoms with Crippen molar-refractivity contribution in [3.8, 4) is 0 Å². The maximum Gasteiger partial charge on any atom is 0.0654 e. The molecule has 1 heterocycles. The first-order valence-corrected chi connectivity index (χ1v) is 6.41. The highest BCUT2D eigenvalue weighted by molar-refractivity contribution is 4.78. The Labute approximate surface area is 89.2 Å². The van der Waals surface area contributed by atoms with E-state index in [2.05, 4.69) is 13.8 Å². The SMILES string of the molecule is CCCCCCCC1(C)CCCCO1. The predicted octanol–water partition coefficient (Wildman–Crippen LogP) is 4.31. The third-order valence-electron chi connectivity index (χ3n) is 3.36.